The molecule has 1 rings (SSSR count). The second kappa shape index (κ2) is 1.43. The number of hydrogen-bond acceptors (Lipinski definition) is 3. The average Bonchev–Trinajstić information content (AvgIpc) is 1.84. The van der Waals surface area contributed by atoms with E-state index in [2.05, 4.69) is 11.0 Å². The maximum atomic E-state index is 4.98. The van der Waals surface area contributed by atoms with Crippen molar-refractivity contribution in [1.82, 2.24) is 11.0 Å². The van der Waals surface area contributed by atoms with Crippen molar-refractivity contribution in [3.63, 3.8) is 0 Å². The molecule has 3 heteroatoms. The van der Waals surface area contributed by atoms with Gasteiger partial charge in [0.15, 0.2) is 0 Å². The van der Waals surface area contributed by atoms with Crippen LogP contribution in [0.15, 0.2) is 0 Å². The van der Waals surface area contributed by atoms with Gasteiger partial charge >= 0.3 is 0 Å². The normalized spacial score (nSPS) is 28.3. The Hall–Kier alpha value is -0.120. The summed E-state index contributed by atoms with van der Waals surface area (Å²) >= 11 is 0. The van der Waals surface area contributed by atoms with E-state index in [0.29, 0.717) is 0 Å². The van der Waals surface area contributed by atoms with E-state index in [1.165, 1.54) is 0 Å². The van der Waals surface area contributed by atoms with Gasteiger partial charge in [0.25, 0.3) is 0 Å². The standard InChI is InChI=1S/C4H10N2O/c1-4(2)3-5-6-7-4/h5-6H,3H2,1-2H3. The zero-order chi connectivity index (χ0) is 5.33. The Morgan fingerprint density at radius 1 is 1.57 bits per heavy atom. The van der Waals surface area contributed by atoms with E-state index in [1.807, 2.05) is 13.8 Å². The third-order valence-electron chi connectivity index (χ3n) is 0.914. The molecule has 0 aromatic carbocycles. The Bertz CT molecular complexity index is 64.1. The summed E-state index contributed by atoms with van der Waals surface area (Å²) in [4.78, 5) is 4.98. The minimum absolute atomic E-state index is 0.0278. The first-order chi connectivity index (χ1) is 3.21. The van der Waals surface area contributed by atoms with Crippen LogP contribution in [0, 0.1) is 0 Å². The molecule has 1 heterocycles. The van der Waals surface area contributed by atoms with Crippen LogP contribution in [0.5, 0.6) is 0 Å². The molecule has 0 amide bonds. The maximum Gasteiger partial charge on any atom is 0.0995 e. The van der Waals surface area contributed by atoms with Gasteiger partial charge < -0.3 is 0 Å². The minimum Gasteiger partial charge on any atom is -0.280 e. The zero-order valence-electron chi connectivity index (χ0n) is 4.62. The lowest BCUT2D eigenvalue weighted by molar-refractivity contribution is -0.0290. The van der Waals surface area contributed by atoms with E-state index in [9.17, 15) is 0 Å². The fourth-order valence-corrected chi connectivity index (χ4v) is 0.459. The molecule has 0 bridgehead atoms. The van der Waals surface area contributed by atoms with Gasteiger partial charge in [-0.1, -0.05) is 0 Å². The predicted octanol–water partition coefficient (Wildman–Crippen LogP) is -0.196. The Morgan fingerprint density at radius 2 is 2.29 bits per heavy atom. The second-order valence-electron chi connectivity index (χ2n) is 2.32. The van der Waals surface area contributed by atoms with Crippen LogP contribution in [0.25, 0.3) is 0 Å². The van der Waals surface area contributed by atoms with Gasteiger partial charge in [-0.25, -0.2) is 5.43 Å². The SMILES string of the molecule is CC1(C)CNNO1. The van der Waals surface area contributed by atoms with Gasteiger partial charge in [0.2, 0.25) is 0 Å². The van der Waals surface area contributed by atoms with Crippen molar-refractivity contribution in [2.24, 2.45) is 0 Å². The van der Waals surface area contributed by atoms with Crippen LogP contribution in [0.3, 0.4) is 0 Å². The Morgan fingerprint density at radius 3 is 2.43 bits per heavy atom. The van der Waals surface area contributed by atoms with E-state index < -0.39 is 0 Å². The molecule has 3 nitrogen and oxygen atoms in total. The molecule has 0 aromatic heterocycles. The number of hydrazine groups is 1. The molecule has 0 aromatic rings. The summed E-state index contributed by atoms with van der Waals surface area (Å²) < 4.78 is 0. The number of nitrogens with one attached hydrogen (secondary N) is 2. The highest BCUT2D eigenvalue weighted by Gasteiger charge is 2.23. The predicted molar refractivity (Wildman–Crippen MR) is 26.3 cm³/mol. The van der Waals surface area contributed by atoms with Crippen molar-refractivity contribution in [2.75, 3.05) is 6.54 Å². The fourth-order valence-electron chi connectivity index (χ4n) is 0.459. The van der Waals surface area contributed by atoms with E-state index in [-0.39, 0.29) is 5.60 Å². The average molecular weight is 102 g/mol. The molecule has 1 aliphatic rings. The van der Waals surface area contributed by atoms with Crippen LogP contribution in [0.4, 0.5) is 0 Å². The summed E-state index contributed by atoms with van der Waals surface area (Å²) in [5, 5.41) is 0. The summed E-state index contributed by atoms with van der Waals surface area (Å²) in [6.07, 6.45) is 0. The molecule has 0 unspecified atom stereocenters. The summed E-state index contributed by atoms with van der Waals surface area (Å²) in [6.45, 7) is 4.90. The minimum atomic E-state index is -0.0278. The van der Waals surface area contributed by atoms with E-state index in [1.54, 1.807) is 0 Å². The largest absolute Gasteiger partial charge is 0.280 e. The van der Waals surface area contributed by atoms with Crippen molar-refractivity contribution in [3.8, 4) is 0 Å². The van der Waals surface area contributed by atoms with Crippen molar-refractivity contribution in [3.05, 3.63) is 0 Å². The van der Waals surface area contributed by atoms with Crippen molar-refractivity contribution < 1.29 is 4.84 Å². The van der Waals surface area contributed by atoms with Gasteiger partial charge in [-0.2, -0.15) is 0 Å². The van der Waals surface area contributed by atoms with E-state index >= 15 is 0 Å². The van der Waals surface area contributed by atoms with Crippen molar-refractivity contribution in [2.45, 2.75) is 19.4 Å². The van der Waals surface area contributed by atoms with Gasteiger partial charge in [0, 0.05) is 6.54 Å². The monoisotopic (exact) mass is 102 g/mol. The second-order valence-corrected chi connectivity index (χ2v) is 2.32. The maximum absolute atomic E-state index is 4.98. The van der Waals surface area contributed by atoms with Gasteiger partial charge in [-0.15, -0.1) is 5.59 Å². The molecular weight excluding hydrogens is 92.1 g/mol. The molecule has 1 fully saturated rings. The molecule has 0 radical (unpaired) electrons. The first-order valence-corrected chi connectivity index (χ1v) is 2.37. The summed E-state index contributed by atoms with van der Waals surface area (Å²) in [5.74, 6) is 0. The number of rotatable bonds is 0. The van der Waals surface area contributed by atoms with E-state index in [0.717, 1.165) is 6.54 Å². The lowest BCUT2D eigenvalue weighted by atomic mass is 10.1. The molecule has 1 aliphatic heterocycles. The topological polar surface area (TPSA) is 33.3 Å². The third kappa shape index (κ3) is 1.12. The fraction of sp³-hybridized carbons (Fsp3) is 1.00. The van der Waals surface area contributed by atoms with Gasteiger partial charge in [-0.05, 0) is 13.8 Å². The Labute approximate surface area is 43.0 Å². The lowest BCUT2D eigenvalue weighted by Gasteiger charge is -2.10. The van der Waals surface area contributed by atoms with Crippen LogP contribution in [-0.4, -0.2) is 12.1 Å². The van der Waals surface area contributed by atoms with E-state index in [4.69, 9.17) is 4.84 Å². The van der Waals surface area contributed by atoms with Crippen LogP contribution in [0.1, 0.15) is 13.8 Å². The van der Waals surface area contributed by atoms with Crippen LogP contribution < -0.4 is 11.0 Å². The zero-order valence-corrected chi connectivity index (χ0v) is 4.62. The molecule has 0 saturated carbocycles. The Balaban J connectivity index is 2.40. The highest BCUT2D eigenvalue weighted by atomic mass is 16.7. The van der Waals surface area contributed by atoms with Crippen LogP contribution >= 0.6 is 0 Å². The molecular formula is C4H10N2O. The Kier molecular flexibility index (Phi) is 1.03. The first-order valence-electron chi connectivity index (χ1n) is 2.37. The summed E-state index contributed by atoms with van der Waals surface area (Å²) in [6, 6.07) is 0. The smallest absolute Gasteiger partial charge is 0.0995 e. The van der Waals surface area contributed by atoms with Gasteiger partial charge in [0.1, 0.15) is 0 Å². The van der Waals surface area contributed by atoms with Crippen LogP contribution in [-0.2, 0) is 4.84 Å². The first kappa shape index (κ1) is 5.03. The highest BCUT2D eigenvalue weighted by Crippen LogP contribution is 2.07. The molecule has 42 valence electrons. The van der Waals surface area contributed by atoms with Gasteiger partial charge in [0.05, 0.1) is 5.60 Å². The summed E-state index contributed by atoms with van der Waals surface area (Å²) in [7, 11) is 0. The molecule has 7 heavy (non-hydrogen) atoms. The van der Waals surface area contributed by atoms with Gasteiger partial charge in [-0.3, -0.25) is 4.84 Å². The number of hydrogen-bond donors (Lipinski definition) is 2. The molecule has 0 atom stereocenters. The molecule has 0 aliphatic carbocycles. The lowest BCUT2D eigenvalue weighted by Crippen LogP contribution is -2.23. The quantitative estimate of drug-likeness (QED) is 0.444. The molecule has 0 spiro atoms. The molecule has 2 N–H and O–H groups in total. The van der Waals surface area contributed by atoms with Crippen molar-refractivity contribution >= 4 is 0 Å². The van der Waals surface area contributed by atoms with Crippen molar-refractivity contribution in [1.29, 1.82) is 0 Å². The molecule has 1 saturated heterocycles. The highest BCUT2D eigenvalue weighted by molar-refractivity contribution is 4.71. The van der Waals surface area contributed by atoms with Crippen LogP contribution in [0.2, 0.25) is 0 Å². The third-order valence-corrected chi connectivity index (χ3v) is 0.914. The summed E-state index contributed by atoms with van der Waals surface area (Å²) in [5.41, 5.74) is 5.38.